The zero-order valence-corrected chi connectivity index (χ0v) is 14.3. The third-order valence-electron chi connectivity index (χ3n) is 3.24. The van der Waals surface area contributed by atoms with Gasteiger partial charge in [-0.25, -0.2) is 14.2 Å². The van der Waals surface area contributed by atoms with Crippen molar-refractivity contribution in [2.75, 3.05) is 12.4 Å². The van der Waals surface area contributed by atoms with E-state index in [0.717, 1.165) is 42.7 Å². The van der Waals surface area contributed by atoms with Crippen LogP contribution in [0, 0.1) is 12.7 Å². The van der Waals surface area contributed by atoms with Gasteiger partial charge < -0.3 is 15.4 Å². The number of alkyl halides is 3. The average molecular weight is 391 g/mol. The minimum Gasteiger partial charge on any atom is -0.466 e. The number of carbonyl (C=O) groups is 2. The number of esters is 1. The molecule has 0 aliphatic heterocycles. The fraction of sp³-hybridized carbons (Fsp3) is 0.267. The quantitative estimate of drug-likeness (QED) is 0.466. The molecule has 11 heteroatoms. The van der Waals surface area contributed by atoms with Gasteiger partial charge in [0.15, 0.2) is 5.13 Å². The van der Waals surface area contributed by atoms with E-state index in [-0.39, 0.29) is 10.7 Å². The Labute approximate surface area is 149 Å². The Morgan fingerprint density at radius 2 is 1.81 bits per heavy atom. The molecule has 0 aliphatic rings. The minimum atomic E-state index is -5.27. The van der Waals surface area contributed by atoms with Crippen molar-refractivity contribution in [2.45, 2.75) is 18.8 Å². The van der Waals surface area contributed by atoms with Crippen molar-refractivity contribution >= 4 is 28.3 Å². The lowest BCUT2D eigenvalue weighted by molar-refractivity contribution is -0.203. The number of nitrogens with one attached hydrogen (secondary N) is 2. The molecule has 0 radical (unpaired) electrons. The molecule has 140 valence electrons. The number of halogens is 4. The number of methoxy groups -OCH3 is 1. The number of anilines is 1. The maximum atomic E-state index is 13.8. The van der Waals surface area contributed by atoms with Gasteiger partial charge in [0.05, 0.1) is 12.8 Å². The molecule has 1 heterocycles. The molecule has 2 N–H and O–H groups in total. The number of nitrogens with zero attached hydrogens (tertiary/aromatic N) is 1. The van der Waals surface area contributed by atoms with Gasteiger partial charge in [-0.3, -0.25) is 4.79 Å². The van der Waals surface area contributed by atoms with Gasteiger partial charge >= 0.3 is 17.8 Å². The Kier molecular flexibility index (Phi) is 5.50. The highest BCUT2D eigenvalue weighted by Gasteiger charge is 2.64. The molecule has 0 bridgehead atoms. The molecule has 1 amide bonds. The number of hydrogen-bond donors (Lipinski definition) is 2. The highest BCUT2D eigenvalue weighted by molar-refractivity contribution is 7.13. The lowest BCUT2D eigenvalue weighted by Crippen LogP contribution is -2.69. The van der Waals surface area contributed by atoms with Crippen molar-refractivity contribution in [2.24, 2.45) is 0 Å². The number of aromatic nitrogens is 1. The summed E-state index contributed by atoms with van der Waals surface area (Å²) in [5.41, 5.74) is -3.43. The summed E-state index contributed by atoms with van der Waals surface area (Å²) in [5, 5.41) is 4.74. The molecular formula is C15H13F4N3O3S. The van der Waals surface area contributed by atoms with Crippen molar-refractivity contribution in [3.8, 4) is 0 Å². The number of carbonyl (C=O) groups excluding carboxylic acids is 2. The second-order valence-corrected chi connectivity index (χ2v) is 5.98. The zero-order valence-electron chi connectivity index (χ0n) is 13.5. The normalized spacial score (nSPS) is 13.6. The molecule has 1 aromatic heterocycles. The summed E-state index contributed by atoms with van der Waals surface area (Å²) in [5.74, 6) is -3.71. The van der Waals surface area contributed by atoms with Gasteiger partial charge in [0.2, 0.25) is 0 Å². The van der Waals surface area contributed by atoms with Crippen LogP contribution in [0.3, 0.4) is 0 Å². The molecule has 0 fully saturated rings. The standard InChI is InChI=1S/C15H13F4N3O3S/c1-8-7-26-13(20-8)22-14(12(24)25-2,15(17,18)19)21-11(23)9-3-5-10(16)6-4-9/h3-7H,1-2H3,(H,20,22)(H,21,23)/t14-/m1/s1. The van der Waals surface area contributed by atoms with E-state index >= 15 is 0 Å². The molecule has 0 spiro atoms. The van der Waals surface area contributed by atoms with Gasteiger partial charge in [-0.05, 0) is 31.2 Å². The summed E-state index contributed by atoms with van der Waals surface area (Å²) in [6, 6.07) is 3.77. The first kappa shape index (κ1) is 19.6. The topological polar surface area (TPSA) is 80.3 Å². The maximum Gasteiger partial charge on any atom is 0.442 e. The van der Waals surface area contributed by atoms with E-state index < -0.39 is 29.5 Å². The number of amides is 1. The SMILES string of the molecule is COC(=O)[C@@](NC(=O)c1ccc(F)cc1)(Nc1nc(C)cs1)C(F)(F)F. The Morgan fingerprint density at radius 1 is 1.19 bits per heavy atom. The van der Waals surface area contributed by atoms with Gasteiger partial charge in [0, 0.05) is 10.9 Å². The summed E-state index contributed by atoms with van der Waals surface area (Å²) in [7, 11) is 0.752. The van der Waals surface area contributed by atoms with Gasteiger partial charge in [0.1, 0.15) is 5.82 Å². The molecule has 0 saturated carbocycles. The van der Waals surface area contributed by atoms with Crippen molar-refractivity contribution in [3.05, 3.63) is 46.7 Å². The molecule has 6 nitrogen and oxygen atoms in total. The molecule has 0 unspecified atom stereocenters. The van der Waals surface area contributed by atoms with Crippen LogP contribution in [0.1, 0.15) is 16.1 Å². The van der Waals surface area contributed by atoms with Crippen LogP contribution in [0.15, 0.2) is 29.6 Å². The summed E-state index contributed by atoms with van der Waals surface area (Å²) in [6.07, 6.45) is -5.27. The van der Waals surface area contributed by atoms with E-state index in [1.807, 2.05) is 5.32 Å². The fourth-order valence-electron chi connectivity index (χ4n) is 1.96. The van der Waals surface area contributed by atoms with Crippen LogP contribution in [0.25, 0.3) is 0 Å². The van der Waals surface area contributed by atoms with Crippen molar-refractivity contribution in [1.29, 1.82) is 0 Å². The number of aryl methyl sites for hydroxylation is 1. The highest BCUT2D eigenvalue weighted by Crippen LogP contribution is 2.34. The van der Waals surface area contributed by atoms with E-state index in [0.29, 0.717) is 5.69 Å². The molecule has 2 aromatic rings. The number of benzene rings is 1. The summed E-state index contributed by atoms with van der Waals surface area (Å²) in [4.78, 5) is 28.1. The molecule has 1 aromatic carbocycles. The molecular weight excluding hydrogens is 378 g/mol. The van der Waals surface area contributed by atoms with Crippen molar-refractivity contribution < 1.29 is 31.9 Å². The molecule has 1 atom stereocenters. The molecule has 26 heavy (non-hydrogen) atoms. The van der Waals surface area contributed by atoms with Crippen LogP contribution in [0.5, 0.6) is 0 Å². The third-order valence-corrected chi connectivity index (χ3v) is 4.11. The van der Waals surface area contributed by atoms with Crippen LogP contribution in [0.4, 0.5) is 22.7 Å². The lowest BCUT2D eigenvalue weighted by atomic mass is 10.1. The second kappa shape index (κ2) is 7.28. The van der Waals surface area contributed by atoms with E-state index in [2.05, 4.69) is 9.72 Å². The van der Waals surface area contributed by atoms with Crippen LogP contribution in [-0.4, -0.2) is 35.8 Å². The smallest absolute Gasteiger partial charge is 0.442 e. The molecule has 0 saturated heterocycles. The minimum absolute atomic E-state index is 0.246. The average Bonchev–Trinajstić information content (AvgIpc) is 2.97. The van der Waals surface area contributed by atoms with E-state index in [9.17, 15) is 27.2 Å². The predicted octanol–water partition coefficient (Wildman–Crippen LogP) is 2.86. The first-order chi connectivity index (χ1) is 12.1. The van der Waals surface area contributed by atoms with Crippen LogP contribution in [-0.2, 0) is 9.53 Å². The van der Waals surface area contributed by atoms with Crippen LogP contribution in [0.2, 0.25) is 0 Å². The Balaban J connectivity index is 2.45. The largest absolute Gasteiger partial charge is 0.466 e. The molecule has 0 aliphatic carbocycles. The first-order valence-corrected chi connectivity index (χ1v) is 7.90. The summed E-state index contributed by atoms with van der Waals surface area (Å²) < 4.78 is 58.6. The first-order valence-electron chi connectivity index (χ1n) is 7.02. The van der Waals surface area contributed by atoms with Gasteiger partial charge in [-0.2, -0.15) is 13.2 Å². The van der Waals surface area contributed by atoms with E-state index in [1.165, 1.54) is 5.38 Å². The maximum absolute atomic E-state index is 13.8. The zero-order chi connectivity index (χ0) is 19.5. The summed E-state index contributed by atoms with van der Waals surface area (Å²) >= 11 is 0.814. The Morgan fingerprint density at radius 3 is 2.27 bits per heavy atom. The van der Waals surface area contributed by atoms with E-state index in [1.54, 1.807) is 12.2 Å². The second-order valence-electron chi connectivity index (χ2n) is 5.12. The van der Waals surface area contributed by atoms with Gasteiger partial charge in [-0.15, -0.1) is 11.3 Å². The van der Waals surface area contributed by atoms with Gasteiger partial charge in [-0.1, -0.05) is 0 Å². The Bertz CT molecular complexity index is 807. The molecule has 2 rings (SSSR count). The Hall–Kier alpha value is -2.69. The van der Waals surface area contributed by atoms with E-state index in [4.69, 9.17) is 0 Å². The fourth-order valence-corrected chi connectivity index (χ4v) is 2.70. The van der Waals surface area contributed by atoms with Crippen LogP contribution >= 0.6 is 11.3 Å². The number of rotatable bonds is 5. The lowest BCUT2D eigenvalue weighted by Gasteiger charge is -2.34. The van der Waals surface area contributed by atoms with Crippen LogP contribution < -0.4 is 10.6 Å². The van der Waals surface area contributed by atoms with Gasteiger partial charge in [0.25, 0.3) is 5.91 Å². The predicted molar refractivity (Wildman–Crippen MR) is 85.1 cm³/mol. The number of ether oxygens (including phenoxy) is 1. The van der Waals surface area contributed by atoms with Crippen molar-refractivity contribution in [1.82, 2.24) is 10.3 Å². The highest BCUT2D eigenvalue weighted by atomic mass is 32.1. The third kappa shape index (κ3) is 3.93. The summed E-state index contributed by atoms with van der Waals surface area (Å²) in [6.45, 7) is 1.55. The monoisotopic (exact) mass is 391 g/mol. The number of thiazole rings is 1. The van der Waals surface area contributed by atoms with Crippen molar-refractivity contribution in [3.63, 3.8) is 0 Å². The number of hydrogen-bond acceptors (Lipinski definition) is 6.